The molecular weight excluding hydrogens is 249 g/mol. The molecule has 0 aliphatic rings. The largest absolute Gasteiger partial charge is 0.346 e. The van der Waals surface area contributed by atoms with Crippen LogP contribution in [0.4, 0.5) is 9.18 Å². The molecule has 1 amide bonds. The summed E-state index contributed by atoms with van der Waals surface area (Å²) in [6.45, 7) is 2.27. The fourth-order valence-electron chi connectivity index (χ4n) is 1.17. The summed E-state index contributed by atoms with van der Waals surface area (Å²) in [5.41, 5.74) is 1.65. The molecule has 0 aromatic heterocycles. The van der Waals surface area contributed by atoms with Gasteiger partial charge in [0.05, 0.1) is 0 Å². The second-order valence-corrected chi connectivity index (χ2v) is 3.75. The van der Waals surface area contributed by atoms with Gasteiger partial charge in [0.1, 0.15) is 5.82 Å². The molecule has 2 nitrogen and oxygen atoms in total. The van der Waals surface area contributed by atoms with Gasteiger partial charge in [-0.05, 0) is 30.5 Å². The second-order valence-electron chi connectivity index (χ2n) is 3.03. The van der Waals surface area contributed by atoms with E-state index in [1.165, 1.54) is 6.07 Å². The highest BCUT2D eigenvalue weighted by molar-refractivity contribution is 9.18. The van der Waals surface area contributed by atoms with Crippen LogP contribution in [0.2, 0.25) is 0 Å². The minimum absolute atomic E-state index is 0.196. The van der Waals surface area contributed by atoms with Gasteiger partial charge in [-0.25, -0.2) is 4.39 Å². The molecule has 1 rings (SSSR count). The van der Waals surface area contributed by atoms with E-state index in [0.29, 0.717) is 18.5 Å². The molecular formula is C10H11BrFNO. The Morgan fingerprint density at radius 3 is 2.86 bits per heavy atom. The van der Waals surface area contributed by atoms with E-state index < -0.39 is 0 Å². The third-order valence-electron chi connectivity index (χ3n) is 1.90. The predicted molar refractivity (Wildman–Crippen MR) is 57.2 cm³/mol. The van der Waals surface area contributed by atoms with Crippen molar-refractivity contribution >= 4 is 20.7 Å². The molecule has 0 spiro atoms. The van der Waals surface area contributed by atoms with E-state index in [1.807, 2.05) is 0 Å². The van der Waals surface area contributed by atoms with E-state index in [4.69, 9.17) is 0 Å². The fraction of sp³-hybridized carbons (Fsp3) is 0.300. The standard InChI is InChI=1S/C10H11BrFNO/c1-7-6-8(2-3-9(7)12)4-5-13-10(11)14/h2-3,6H,4-5H2,1H3,(H,13,14). The molecule has 0 aliphatic carbocycles. The van der Waals surface area contributed by atoms with Gasteiger partial charge in [0, 0.05) is 22.5 Å². The maximum atomic E-state index is 12.9. The van der Waals surface area contributed by atoms with Gasteiger partial charge in [0.25, 0.3) is 4.82 Å². The van der Waals surface area contributed by atoms with Crippen LogP contribution in [-0.2, 0) is 6.42 Å². The quantitative estimate of drug-likeness (QED) is 0.657. The number of hydrogen-bond acceptors (Lipinski definition) is 1. The van der Waals surface area contributed by atoms with Crippen LogP contribution in [0.25, 0.3) is 0 Å². The highest BCUT2D eigenvalue weighted by Gasteiger charge is 1.99. The molecule has 1 aromatic rings. The van der Waals surface area contributed by atoms with Gasteiger partial charge < -0.3 is 5.32 Å². The van der Waals surface area contributed by atoms with Crippen molar-refractivity contribution < 1.29 is 9.18 Å². The SMILES string of the molecule is Cc1cc(CCNC(=O)Br)ccc1F. The predicted octanol–water partition coefficient (Wildman–Crippen LogP) is 2.78. The molecule has 0 saturated heterocycles. The van der Waals surface area contributed by atoms with Crippen LogP contribution in [0, 0.1) is 12.7 Å². The van der Waals surface area contributed by atoms with Gasteiger partial charge in [0.2, 0.25) is 0 Å². The number of rotatable bonds is 3. The molecule has 1 aromatic carbocycles. The van der Waals surface area contributed by atoms with Crippen molar-refractivity contribution in [2.45, 2.75) is 13.3 Å². The van der Waals surface area contributed by atoms with Gasteiger partial charge in [-0.15, -0.1) is 0 Å². The summed E-state index contributed by atoms with van der Waals surface area (Å²) in [5.74, 6) is -0.196. The number of nitrogens with one attached hydrogen (secondary N) is 1. The van der Waals surface area contributed by atoms with Gasteiger partial charge >= 0.3 is 0 Å². The van der Waals surface area contributed by atoms with E-state index >= 15 is 0 Å². The Morgan fingerprint density at radius 2 is 2.29 bits per heavy atom. The summed E-state index contributed by atoms with van der Waals surface area (Å²) in [4.78, 5) is 10.3. The Hall–Kier alpha value is -0.900. The number of carbonyl (C=O) groups is 1. The van der Waals surface area contributed by atoms with Gasteiger partial charge in [-0.2, -0.15) is 0 Å². The van der Waals surface area contributed by atoms with E-state index in [0.717, 1.165) is 5.56 Å². The highest BCUT2D eigenvalue weighted by atomic mass is 79.9. The number of benzene rings is 1. The van der Waals surface area contributed by atoms with Gasteiger partial charge in [-0.1, -0.05) is 12.1 Å². The lowest BCUT2D eigenvalue weighted by Crippen LogP contribution is -2.19. The van der Waals surface area contributed by atoms with Crippen LogP contribution in [0.5, 0.6) is 0 Å². The summed E-state index contributed by atoms with van der Waals surface area (Å²) >= 11 is 2.76. The first-order chi connectivity index (χ1) is 6.59. The molecule has 0 fully saturated rings. The molecule has 1 N–H and O–H groups in total. The van der Waals surface area contributed by atoms with E-state index in [2.05, 4.69) is 21.2 Å². The molecule has 0 heterocycles. The fourth-order valence-corrected chi connectivity index (χ4v) is 1.37. The molecule has 0 bridgehead atoms. The normalized spacial score (nSPS) is 9.93. The number of carbonyl (C=O) groups excluding carboxylic acids is 1. The van der Waals surface area contributed by atoms with Crippen LogP contribution >= 0.6 is 15.9 Å². The third-order valence-corrected chi connectivity index (χ3v) is 2.18. The number of amides is 1. The Bertz CT molecular complexity index is 341. The molecule has 0 aliphatic heterocycles. The first-order valence-electron chi connectivity index (χ1n) is 4.28. The van der Waals surface area contributed by atoms with E-state index in [9.17, 15) is 9.18 Å². The molecule has 0 saturated carbocycles. The van der Waals surface area contributed by atoms with Crippen molar-refractivity contribution in [3.05, 3.63) is 35.1 Å². The van der Waals surface area contributed by atoms with E-state index in [-0.39, 0.29) is 10.6 Å². The van der Waals surface area contributed by atoms with Crippen molar-refractivity contribution in [2.75, 3.05) is 6.54 Å². The van der Waals surface area contributed by atoms with Gasteiger partial charge in [0.15, 0.2) is 0 Å². The Balaban J connectivity index is 2.51. The highest BCUT2D eigenvalue weighted by Crippen LogP contribution is 2.09. The van der Waals surface area contributed by atoms with Crippen LogP contribution in [-0.4, -0.2) is 11.4 Å². The van der Waals surface area contributed by atoms with Crippen molar-refractivity contribution in [2.24, 2.45) is 0 Å². The summed E-state index contributed by atoms with van der Waals surface area (Å²) in [5, 5.41) is 2.61. The van der Waals surface area contributed by atoms with Crippen molar-refractivity contribution in [1.29, 1.82) is 0 Å². The zero-order valence-corrected chi connectivity index (χ0v) is 9.40. The zero-order valence-electron chi connectivity index (χ0n) is 7.81. The average Bonchev–Trinajstić information content (AvgIpc) is 2.10. The molecule has 0 radical (unpaired) electrons. The summed E-state index contributed by atoms with van der Waals surface area (Å²) in [6.07, 6.45) is 0.707. The molecule has 0 unspecified atom stereocenters. The number of halogens is 2. The van der Waals surface area contributed by atoms with Crippen molar-refractivity contribution in [1.82, 2.24) is 5.32 Å². The van der Waals surface area contributed by atoms with Crippen LogP contribution in [0.1, 0.15) is 11.1 Å². The third kappa shape index (κ3) is 3.46. The summed E-state index contributed by atoms with van der Waals surface area (Å²) in [7, 11) is 0. The van der Waals surface area contributed by atoms with Crippen LogP contribution < -0.4 is 5.32 Å². The lowest BCUT2D eigenvalue weighted by Gasteiger charge is -2.03. The van der Waals surface area contributed by atoms with Crippen LogP contribution in [0.3, 0.4) is 0 Å². The maximum Gasteiger partial charge on any atom is 0.287 e. The number of hydrogen-bond donors (Lipinski definition) is 1. The lowest BCUT2D eigenvalue weighted by atomic mass is 10.1. The first kappa shape index (κ1) is 11.2. The smallest absolute Gasteiger partial charge is 0.287 e. The molecule has 76 valence electrons. The Kier molecular flexibility index (Phi) is 4.07. The second kappa shape index (κ2) is 5.10. The van der Waals surface area contributed by atoms with Crippen molar-refractivity contribution in [3.63, 3.8) is 0 Å². The monoisotopic (exact) mass is 259 g/mol. The van der Waals surface area contributed by atoms with Gasteiger partial charge in [-0.3, -0.25) is 4.79 Å². The number of aryl methyl sites for hydroxylation is 1. The summed E-state index contributed by atoms with van der Waals surface area (Å²) < 4.78 is 12.9. The Labute approximate surface area is 90.6 Å². The van der Waals surface area contributed by atoms with Crippen LogP contribution in [0.15, 0.2) is 18.2 Å². The summed E-state index contributed by atoms with van der Waals surface area (Å²) in [6, 6.07) is 4.96. The Morgan fingerprint density at radius 1 is 1.57 bits per heavy atom. The van der Waals surface area contributed by atoms with Crippen molar-refractivity contribution in [3.8, 4) is 0 Å². The lowest BCUT2D eigenvalue weighted by molar-refractivity contribution is 0.262. The maximum absolute atomic E-state index is 12.9. The average molecular weight is 260 g/mol. The first-order valence-corrected chi connectivity index (χ1v) is 5.07. The molecule has 4 heteroatoms. The zero-order chi connectivity index (χ0) is 10.6. The van der Waals surface area contributed by atoms with E-state index in [1.54, 1.807) is 19.1 Å². The molecule has 0 atom stereocenters. The molecule has 14 heavy (non-hydrogen) atoms. The topological polar surface area (TPSA) is 29.1 Å². The minimum Gasteiger partial charge on any atom is -0.346 e. The minimum atomic E-state index is -0.226.